The van der Waals surface area contributed by atoms with Gasteiger partial charge in [-0.1, -0.05) is 0 Å². The summed E-state index contributed by atoms with van der Waals surface area (Å²) in [6, 6.07) is 5.54. The molecule has 0 aliphatic carbocycles. The van der Waals surface area contributed by atoms with Gasteiger partial charge in [-0.3, -0.25) is 0 Å². The molecule has 1 aliphatic rings. The van der Waals surface area contributed by atoms with Crippen molar-refractivity contribution >= 4 is 38.0 Å². The lowest BCUT2D eigenvalue weighted by atomic mass is 10.1. The summed E-state index contributed by atoms with van der Waals surface area (Å²) in [5.74, 6) is 0.438. The average molecular weight is 524 g/mol. The normalized spacial score (nSPS) is 15.6. The van der Waals surface area contributed by atoms with Gasteiger partial charge in [0.05, 0.1) is 16.9 Å². The number of aromatic nitrogens is 7. The third-order valence-electron chi connectivity index (χ3n) is 6.39. The van der Waals surface area contributed by atoms with E-state index in [1.165, 1.54) is 18.5 Å². The number of rotatable bonds is 4. The molecule has 0 spiro atoms. The highest BCUT2D eigenvalue weighted by Gasteiger charge is 2.26. The van der Waals surface area contributed by atoms with E-state index < -0.39 is 15.7 Å². The molecular weight excluding hydrogens is 501 g/mol. The van der Waals surface area contributed by atoms with Crippen molar-refractivity contribution in [1.82, 2.24) is 34.3 Å². The first kappa shape index (κ1) is 23.1. The van der Waals surface area contributed by atoms with Crippen LogP contribution in [0.4, 0.5) is 16.0 Å². The number of aromatic hydroxyl groups is 1. The molecule has 1 aromatic carbocycles. The molecule has 190 valence electrons. The fourth-order valence-corrected chi connectivity index (χ4v) is 5.80. The lowest BCUT2D eigenvalue weighted by molar-refractivity contribution is 0.469. The quantitative estimate of drug-likeness (QED) is 0.354. The molecule has 6 rings (SSSR count). The lowest BCUT2D eigenvalue weighted by Gasteiger charge is -2.28. The van der Waals surface area contributed by atoms with Crippen LogP contribution in [0.2, 0.25) is 0 Å². The van der Waals surface area contributed by atoms with Crippen LogP contribution in [0.25, 0.3) is 27.8 Å². The Balaban J connectivity index is 1.47. The second kappa shape index (κ2) is 8.37. The van der Waals surface area contributed by atoms with Crippen molar-refractivity contribution in [2.45, 2.75) is 13.5 Å². The van der Waals surface area contributed by atoms with Crippen LogP contribution in [-0.4, -0.2) is 72.5 Å². The summed E-state index contributed by atoms with van der Waals surface area (Å²) in [5, 5.41) is 19.6. The second-order valence-corrected chi connectivity index (χ2v) is 11.2. The van der Waals surface area contributed by atoms with E-state index in [1.54, 1.807) is 9.20 Å². The summed E-state index contributed by atoms with van der Waals surface area (Å²) in [6.07, 6.45) is 3.13. The Labute approximate surface area is 210 Å². The number of halogens is 1. The lowest BCUT2D eigenvalue weighted by Crippen LogP contribution is -2.41. The van der Waals surface area contributed by atoms with E-state index in [-0.39, 0.29) is 29.6 Å². The van der Waals surface area contributed by atoms with Crippen LogP contribution in [-0.2, 0) is 16.4 Å². The zero-order chi connectivity index (χ0) is 25.9. The second-order valence-electron chi connectivity index (χ2n) is 8.94. The fraction of sp³-hybridized carbons (Fsp3) is 0.261. The van der Waals surface area contributed by atoms with Gasteiger partial charge in [-0.05, 0) is 30.7 Å². The van der Waals surface area contributed by atoms with Crippen LogP contribution in [0, 0.1) is 12.7 Å². The Kier molecular flexibility index (Phi) is 5.22. The van der Waals surface area contributed by atoms with Crippen molar-refractivity contribution in [3.8, 4) is 17.0 Å². The van der Waals surface area contributed by atoms with E-state index in [2.05, 4.69) is 20.2 Å². The third-order valence-corrected chi connectivity index (χ3v) is 8.00. The largest absolute Gasteiger partial charge is 0.508 e. The van der Waals surface area contributed by atoms with E-state index in [4.69, 9.17) is 10.7 Å². The monoisotopic (exact) mass is 523 g/mol. The number of fused-ring (bicyclic) bond motifs is 2. The van der Waals surface area contributed by atoms with E-state index >= 15 is 0 Å². The van der Waals surface area contributed by atoms with Gasteiger partial charge >= 0.3 is 0 Å². The zero-order valence-corrected chi connectivity index (χ0v) is 20.5. The summed E-state index contributed by atoms with van der Waals surface area (Å²) in [7, 11) is -3.07. The first-order valence-electron chi connectivity index (χ1n) is 11.5. The molecule has 1 aliphatic heterocycles. The molecular formula is C23H22FN9O3S. The van der Waals surface area contributed by atoms with Gasteiger partial charge in [-0.25, -0.2) is 37.0 Å². The topological polar surface area (TPSA) is 157 Å². The van der Waals surface area contributed by atoms with Crippen molar-refractivity contribution in [1.29, 1.82) is 0 Å². The van der Waals surface area contributed by atoms with Gasteiger partial charge in [0.2, 0.25) is 0 Å². The Bertz CT molecular complexity index is 1760. The minimum absolute atomic E-state index is 0.0576. The molecule has 3 N–H and O–H groups in total. The minimum Gasteiger partial charge on any atom is -0.508 e. The number of hydrogen-bond donors (Lipinski definition) is 2. The molecule has 0 bridgehead atoms. The zero-order valence-electron chi connectivity index (χ0n) is 19.7. The molecule has 12 nitrogen and oxygen atoms in total. The average Bonchev–Trinajstić information content (AvgIpc) is 3.40. The molecule has 14 heteroatoms. The van der Waals surface area contributed by atoms with Crippen LogP contribution in [0.1, 0.15) is 11.4 Å². The molecule has 1 fully saturated rings. The van der Waals surface area contributed by atoms with Crippen LogP contribution in [0.5, 0.6) is 5.75 Å². The van der Waals surface area contributed by atoms with E-state index in [1.807, 2.05) is 24.1 Å². The molecule has 5 aromatic rings. The Morgan fingerprint density at radius 1 is 1.14 bits per heavy atom. The van der Waals surface area contributed by atoms with Gasteiger partial charge in [-0.15, -0.1) is 0 Å². The molecule has 37 heavy (non-hydrogen) atoms. The number of sulfone groups is 1. The van der Waals surface area contributed by atoms with Crippen LogP contribution in [0.3, 0.4) is 0 Å². The number of nitrogens with zero attached hydrogens (tertiary/aromatic N) is 8. The van der Waals surface area contributed by atoms with Crippen molar-refractivity contribution in [2.75, 3.05) is 35.2 Å². The first-order chi connectivity index (χ1) is 17.7. The van der Waals surface area contributed by atoms with Gasteiger partial charge in [0.1, 0.15) is 41.5 Å². The van der Waals surface area contributed by atoms with Crippen LogP contribution in [0.15, 0.2) is 36.8 Å². The van der Waals surface area contributed by atoms with Gasteiger partial charge < -0.3 is 15.7 Å². The first-order valence-corrected chi connectivity index (χ1v) is 13.3. The van der Waals surface area contributed by atoms with E-state index in [0.717, 1.165) is 17.1 Å². The van der Waals surface area contributed by atoms with Gasteiger partial charge in [0.15, 0.2) is 27.1 Å². The van der Waals surface area contributed by atoms with E-state index in [9.17, 15) is 17.9 Å². The number of nitrogen functional groups attached to an aromatic ring is 1. The highest BCUT2D eigenvalue weighted by Crippen LogP contribution is 2.33. The number of aryl methyl sites for hydroxylation is 1. The fourth-order valence-electron chi connectivity index (χ4n) is 4.60. The molecule has 4 aromatic heterocycles. The summed E-state index contributed by atoms with van der Waals surface area (Å²) >= 11 is 0. The molecule has 0 amide bonds. The number of phenols is 1. The highest BCUT2D eigenvalue weighted by molar-refractivity contribution is 7.91. The van der Waals surface area contributed by atoms with Crippen LogP contribution < -0.4 is 10.6 Å². The Morgan fingerprint density at radius 3 is 2.68 bits per heavy atom. The standard InChI is InChI=1S/C23H22FN9O3S/c1-13-2-3-32-20(13)23(31-4-6-37(35,36)7-5-31)28-17(29-32)11-33-22-18(21(25)26-12-27-22)19(30-33)14-8-15(24)10-16(34)9-14/h2-3,8-10,12,34H,4-7,11H2,1H3,(H2,25,26,27). The maximum atomic E-state index is 14.1. The maximum absolute atomic E-state index is 14.1. The Hall–Kier alpha value is -4.33. The molecule has 1 saturated heterocycles. The number of phenolic OH excluding ortho intramolecular Hbond substituents is 1. The molecule has 0 saturated carbocycles. The van der Waals surface area contributed by atoms with Crippen LogP contribution >= 0.6 is 0 Å². The van der Waals surface area contributed by atoms with Crippen molar-refractivity contribution in [3.05, 3.63) is 54.0 Å². The predicted octanol–water partition coefficient (Wildman–Crippen LogP) is 1.55. The number of benzene rings is 1. The number of nitrogens with two attached hydrogens (primary N) is 1. The van der Waals surface area contributed by atoms with Gasteiger partial charge in [0.25, 0.3) is 0 Å². The molecule has 0 atom stereocenters. The third kappa shape index (κ3) is 4.08. The van der Waals surface area contributed by atoms with Crippen molar-refractivity contribution in [3.63, 3.8) is 0 Å². The number of anilines is 2. The Morgan fingerprint density at radius 2 is 1.92 bits per heavy atom. The summed E-state index contributed by atoms with van der Waals surface area (Å²) in [5.41, 5.74) is 8.93. The van der Waals surface area contributed by atoms with Gasteiger partial charge in [-0.2, -0.15) is 10.2 Å². The van der Waals surface area contributed by atoms with E-state index in [0.29, 0.717) is 47.0 Å². The SMILES string of the molecule is Cc1ccn2nc(Cn3nc(-c4cc(O)cc(F)c4)c4c(N)ncnc43)nc(N3CCS(=O)(=O)CC3)c12. The van der Waals surface area contributed by atoms with Crippen molar-refractivity contribution in [2.24, 2.45) is 0 Å². The smallest absolute Gasteiger partial charge is 0.173 e. The summed E-state index contributed by atoms with van der Waals surface area (Å²) < 4.78 is 41.3. The summed E-state index contributed by atoms with van der Waals surface area (Å²) in [4.78, 5) is 15.2. The molecule has 0 radical (unpaired) electrons. The highest BCUT2D eigenvalue weighted by atomic mass is 32.2. The predicted molar refractivity (Wildman–Crippen MR) is 134 cm³/mol. The maximum Gasteiger partial charge on any atom is 0.173 e. The molecule has 5 heterocycles. The molecule has 0 unspecified atom stereocenters. The summed E-state index contributed by atoms with van der Waals surface area (Å²) in [6.45, 7) is 2.71. The van der Waals surface area contributed by atoms with Gasteiger partial charge in [0, 0.05) is 30.9 Å². The van der Waals surface area contributed by atoms with Crippen molar-refractivity contribution < 1.29 is 17.9 Å². The number of hydrogen-bond acceptors (Lipinski definition) is 10. The minimum atomic E-state index is -3.07.